The fraction of sp³-hybridized carbons (Fsp3) is 0.435. The van der Waals surface area contributed by atoms with Gasteiger partial charge < -0.3 is 19.5 Å². The molecule has 1 aliphatic heterocycles. The minimum Gasteiger partial charge on any atom is -0.497 e. The molecular formula is C23H27NO4. The normalized spacial score (nSPS) is 17.6. The lowest BCUT2D eigenvalue weighted by molar-refractivity contribution is -0.126. The zero-order valence-electron chi connectivity index (χ0n) is 16.3. The van der Waals surface area contributed by atoms with Gasteiger partial charge in [-0.2, -0.15) is 0 Å². The van der Waals surface area contributed by atoms with E-state index in [4.69, 9.17) is 14.2 Å². The molecule has 1 N–H and O–H groups in total. The lowest BCUT2D eigenvalue weighted by atomic mass is 9.78. The molecule has 28 heavy (non-hydrogen) atoms. The van der Waals surface area contributed by atoms with E-state index in [2.05, 4.69) is 5.32 Å². The Morgan fingerprint density at radius 3 is 2.61 bits per heavy atom. The van der Waals surface area contributed by atoms with E-state index in [1.807, 2.05) is 42.5 Å². The summed E-state index contributed by atoms with van der Waals surface area (Å²) in [4.78, 5) is 13.3. The highest BCUT2D eigenvalue weighted by molar-refractivity contribution is 5.88. The SMILES string of the molecule is COc1cccc(C2(C(=O)NCc3ccc4c(c3)OCCCO4)CCCC2)c1. The fourth-order valence-electron chi connectivity index (χ4n) is 4.22. The van der Waals surface area contributed by atoms with Crippen LogP contribution in [0, 0.1) is 0 Å². The average molecular weight is 381 g/mol. The number of benzene rings is 2. The molecule has 0 radical (unpaired) electrons. The van der Waals surface area contributed by atoms with Gasteiger partial charge in [0.15, 0.2) is 11.5 Å². The van der Waals surface area contributed by atoms with E-state index in [0.29, 0.717) is 19.8 Å². The van der Waals surface area contributed by atoms with Gasteiger partial charge in [0.1, 0.15) is 5.75 Å². The van der Waals surface area contributed by atoms with Crippen LogP contribution in [0.25, 0.3) is 0 Å². The second kappa shape index (κ2) is 8.13. The largest absolute Gasteiger partial charge is 0.497 e. The third-order valence-corrected chi connectivity index (χ3v) is 5.78. The molecule has 2 aromatic rings. The predicted octanol–water partition coefficient (Wildman–Crippen LogP) is 3.98. The zero-order valence-corrected chi connectivity index (χ0v) is 16.3. The molecule has 0 atom stereocenters. The van der Waals surface area contributed by atoms with Gasteiger partial charge in [-0.05, 0) is 48.2 Å². The smallest absolute Gasteiger partial charge is 0.230 e. The Labute approximate surface area is 166 Å². The summed E-state index contributed by atoms with van der Waals surface area (Å²) in [7, 11) is 1.66. The van der Waals surface area contributed by atoms with Gasteiger partial charge in [0.2, 0.25) is 5.91 Å². The van der Waals surface area contributed by atoms with Crippen LogP contribution in [-0.2, 0) is 16.8 Å². The van der Waals surface area contributed by atoms with E-state index in [9.17, 15) is 4.79 Å². The third-order valence-electron chi connectivity index (χ3n) is 5.78. The van der Waals surface area contributed by atoms with Gasteiger partial charge in [-0.15, -0.1) is 0 Å². The second-order valence-corrected chi connectivity index (χ2v) is 7.54. The first kappa shape index (κ1) is 18.7. The van der Waals surface area contributed by atoms with Gasteiger partial charge in [-0.1, -0.05) is 31.0 Å². The van der Waals surface area contributed by atoms with Crippen LogP contribution in [0.15, 0.2) is 42.5 Å². The number of nitrogens with one attached hydrogen (secondary N) is 1. The Morgan fingerprint density at radius 1 is 1.04 bits per heavy atom. The first-order valence-electron chi connectivity index (χ1n) is 10.0. The number of hydrogen-bond acceptors (Lipinski definition) is 4. The molecule has 2 aliphatic rings. The maximum atomic E-state index is 13.3. The minimum absolute atomic E-state index is 0.0883. The predicted molar refractivity (Wildman–Crippen MR) is 107 cm³/mol. The lowest BCUT2D eigenvalue weighted by Gasteiger charge is -2.28. The Morgan fingerprint density at radius 2 is 1.82 bits per heavy atom. The summed E-state index contributed by atoms with van der Waals surface area (Å²) >= 11 is 0. The van der Waals surface area contributed by atoms with Crippen LogP contribution in [0.2, 0.25) is 0 Å². The van der Waals surface area contributed by atoms with Gasteiger partial charge in [0.25, 0.3) is 0 Å². The fourth-order valence-corrected chi connectivity index (χ4v) is 4.22. The van der Waals surface area contributed by atoms with E-state index in [-0.39, 0.29) is 5.91 Å². The molecule has 0 unspecified atom stereocenters. The van der Waals surface area contributed by atoms with Crippen molar-refractivity contribution in [3.63, 3.8) is 0 Å². The first-order chi connectivity index (χ1) is 13.7. The quantitative estimate of drug-likeness (QED) is 0.851. The Hall–Kier alpha value is -2.69. The zero-order chi connectivity index (χ0) is 19.4. The summed E-state index contributed by atoms with van der Waals surface area (Å²) in [6.45, 7) is 1.80. The Bertz CT molecular complexity index is 842. The summed E-state index contributed by atoms with van der Waals surface area (Å²) in [6.07, 6.45) is 4.74. The van der Waals surface area contributed by atoms with Gasteiger partial charge in [0, 0.05) is 13.0 Å². The van der Waals surface area contributed by atoms with Crippen LogP contribution in [-0.4, -0.2) is 26.2 Å². The van der Waals surface area contributed by atoms with Crippen molar-refractivity contribution >= 4 is 5.91 Å². The molecule has 0 spiro atoms. The molecule has 4 rings (SSSR count). The number of amides is 1. The van der Waals surface area contributed by atoms with Crippen molar-refractivity contribution in [2.24, 2.45) is 0 Å². The van der Waals surface area contributed by atoms with E-state index < -0.39 is 5.41 Å². The molecule has 0 bridgehead atoms. The molecule has 0 aromatic heterocycles. The molecular weight excluding hydrogens is 354 g/mol. The number of hydrogen-bond donors (Lipinski definition) is 1. The topological polar surface area (TPSA) is 56.8 Å². The van der Waals surface area contributed by atoms with Crippen LogP contribution in [0.1, 0.15) is 43.2 Å². The highest BCUT2D eigenvalue weighted by atomic mass is 16.5. The summed E-state index contributed by atoms with van der Waals surface area (Å²) in [6, 6.07) is 13.8. The number of rotatable bonds is 5. The molecule has 148 valence electrons. The monoisotopic (exact) mass is 381 g/mol. The second-order valence-electron chi connectivity index (χ2n) is 7.54. The molecule has 1 aliphatic carbocycles. The molecule has 1 amide bonds. The highest BCUT2D eigenvalue weighted by Gasteiger charge is 2.42. The van der Waals surface area contributed by atoms with Gasteiger partial charge in [-0.3, -0.25) is 4.79 Å². The van der Waals surface area contributed by atoms with Crippen molar-refractivity contribution in [1.29, 1.82) is 0 Å². The number of carbonyl (C=O) groups is 1. The van der Waals surface area contributed by atoms with Crippen LogP contribution >= 0.6 is 0 Å². The van der Waals surface area contributed by atoms with Crippen LogP contribution in [0.3, 0.4) is 0 Å². The summed E-state index contributed by atoms with van der Waals surface area (Å²) in [5.41, 5.74) is 1.58. The lowest BCUT2D eigenvalue weighted by Crippen LogP contribution is -2.42. The van der Waals surface area contributed by atoms with E-state index in [1.54, 1.807) is 7.11 Å². The first-order valence-corrected chi connectivity index (χ1v) is 10.0. The van der Waals surface area contributed by atoms with E-state index in [1.165, 1.54) is 0 Å². The van der Waals surface area contributed by atoms with Gasteiger partial charge in [0.05, 0.1) is 25.7 Å². The van der Waals surface area contributed by atoms with Crippen molar-refractivity contribution in [1.82, 2.24) is 5.32 Å². The Kier molecular flexibility index (Phi) is 5.42. The molecule has 1 fully saturated rings. The van der Waals surface area contributed by atoms with Crippen LogP contribution in [0.5, 0.6) is 17.2 Å². The summed E-state index contributed by atoms with van der Waals surface area (Å²) in [5, 5.41) is 3.16. The molecule has 5 heteroatoms. The minimum atomic E-state index is -0.472. The highest BCUT2D eigenvalue weighted by Crippen LogP contribution is 2.42. The van der Waals surface area contributed by atoms with Crippen molar-refractivity contribution < 1.29 is 19.0 Å². The van der Waals surface area contributed by atoms with Crippen molar-refractivity contribution in [2.45, 2.75) is 44.1 Å². The number of methoxy groups -OCH3 is 1. The summed E-state index contributed by atoms with van der Waals surface area (Å²) in [5.74, 6) is 2.41. The van der Waals surface area contributed by atoms with E-state index in [0.717, 1.165) is 60.5 Å². The number of carbonyl (C=O) groups excluding carboxylic acids is 1. The Balaban J connectivity index is 1.50. The number of ether oxygens (including phenoxy) is 3. The maximum absolute atomic E-state index is 13.3. The van der Waals surface area contributed by atoms with Gasteiger partial charge in [-0.25, -0.2) is 0 Å². The molecule has 5 nitrogen and oxygen atoms in total. The van der Waals surface area contributed by atoms with Crippen LogP contribution < -0.4 is 19.5 Å². The van der Waals surface area contributed by atoms with E-state index >= 15 is 0 Å². The molecule has 1 saturated carbocycles. The van der Waals surface area contributed by atoms with Crippen molar-refractivity contribution in [3.8, 4) is 17.2 Å². The molecule has 2 aromatic carbocycles. The van der Waals surface area contributed by atoms with Crippen molar-refractivity contribution in [2.75, 3.05) is 20.3 Å². The third kappa shape index (κ3) is 3.66. The summed E-state index contributed by atoms with van der Waals surface area (Å²) < 4.78 is 16.8. The molecule has 0 saturated heterocycles. The maximum Gasteiger partial charge on any atom is 0.230 e. The van der Waals surface area contributed by atoms with Crippen molar-refractivity contribution in [3.05, 3.63) is 53.6 Å². The van der Waals surface area contributed by atoms with Gasteiger partial charge >= 0.3 is 0 Å². The average Bonchev–Trinajstić information content (AvgIpc) is 3.13. The number of fused-ring (bicyclic) bond motifs is 1. The molecule has 1 heterocycles. The van der Waals surface area contributed by atoms with Crippen LogP contribution in [0.4, 0.5) is 0 Å². The standard InChI is InChI=1S/C23H27NO4/c1-26-19-7-4-6-18(15-19)23(10-2-3-11-23)22(25)24-16-17-8-9-20-21(14-17)28-13-5-12-27-20/h4,6-9,14-15H,2-3,5,10-13,16H2,1H3,(H,24,25).